The molecular formula is C11H22N2O. The second kappa shape index (κ2) is 4.60. The van der Waals surface area contributed by atoms with Crippen LogP contribution in [-0.4, -0.2) is 48.3 Å². The van der Waals surface area contributed by atoms with Crippen LogP contribution >= 0.6 is 0 Å². The minimum atomic E-state index is -0.0669. The Labute approximate surface area is 86.5 Å². The lowest BCUT2D eigenvalue weighted by Gasteiger charge is -2.41. The molecular weight excluding hydrogens is 176 g/mol. The molecule has 0 spiro atoms. The van der Waals surface area contributed by atoms with Crippen molar-refractivity contribution in [1.82, 2.24) is 10.2 Å². The van der Waals surface area contributed by atoms with Crippen molar-refractivity contribution in [3.8, 4) is 0 Å². The first-order chi connectivity index (χ1) is 6.77. The van der Waals surface area contributed by atoms with Crippen LogP contribution in [0.25, 0.3) is 0 Å². The van der Waals surface area contributed by atoms with Crippen molar-refractivity contribution in [2.75, 3.05) is 26.2 Å². The van der Waals surface area contributed by atoms with Crippen molar-refractivity contribution in [3.63, 3.8) is 0 Å². The van der Waals surface area contributed by atoms with Crippen molar-refractivity contribution in [2.24, 2.45) is 5.92 Å². The largest absolute Gasteiger partial charge is 0.393 e. The molecule has 3 heteroatoms. The molecule has 0 aromatic heterocycles. The van der Waals surface area contributed by atoms with Crippen LogP contribution in [0.3, 0.4) is 0 Å². The quantitative estimate of drug-likeness (QED) is 0.642. The highest BCUT2D eigenvalue weighted by Gasteiger charge is 2.29. The first-order valence-electron chi connectivity index (χ1n) is 5.90. The Kier molecular flexibility index (Phi) is 3.42. The molecule has 2 aliphatic heterocycles. The van der Waals surface area contributed by atoms with Gasteiger partial charge in [-0.3, -0.25) is 4.90 Å². The molecule has 0 radical (unpaired) electrons. The zero-order valence-electron chi connectivity index (χ0n) is 9.08. The molecule has 0 amide bonds. The topological polar surface area (TPSA) is 35.5 Å². The number of rotatable bonds is 1. The van der Waals surface area contributed by atoms with Crippen LogP contribution in [0.2, 0.25) is 0 Å². The van der Waals surface area contributed by atoms with Gasteiger partial charge in [0.15, 0.2) is 0 Å². The standard InChI is InChI=1S/C11H22N2O/c1-9-8-13(6-4-11(9)14)10-3-2-5-12-7-10/h9-12,14H,2-8H2,1H3. The first kappa shape index (κ1) is 10.4. The summed E-state index contributed by atoms with van der Waals surface area (Å²) in [6, 6.07) is 0.721. The van der Waals surface area contributed by atoms with Gasteiger partial charge in [0.25, 0.3) is 0 Å². The summed E-state index contributed by atoms with van der Waals surface area (Å²) >= 11 is 0. The molecule has 0 aromatic rings. The number of aliphatic hydroxyl groups excluding tert-OH is 1. The monoisotopic (exact) mass is 198 g/mol. The molecule has 14 heavy (non-hydrogen) atoms. The fourth-order valence-corrected chi connectivity index (χ4v) is 2.64. The van der Waals surface area contributed by atoms with Gasteiger partial charge in [0.05, 0.1) is 6.10 Å². The zero-order chi connectivity index (χ0) is 9.97. The first-order valence-corrected chi connectivity index (χ1v) is 5.90. The van der Waals surface area contributed by atoms with Gasteiger partial charge in [-0.1, -0.05) is 6.92 Å². The summed E-state index contributed by atoms with van der Waals surface area (Å²) in [7, 11) is 0. The van der Waals surface area contributed by atoms with Crippen LogP contribution < -0.4 is 5.32 Å². The molecule has 0 aromatic carbocycles. The number of nitrogens with zero attached hydrogens (tertiary/aromatic N) is 1. The van der Waals surface area contributed by atoms with Crippen LogP contribution in [0.1, 0.15) is 26.2 Å². The smallest absolute Gasteiger partial charge is 0.0590 e. The Morgan fingerprint density at radius 1 is 1.36 bits per heavy atom. The average molecular weight is 198 g/mol. The lowest BCUT2D eigenvalue weighted by molar-refractivity contribution is 0.0126. The molecule has 0 saturated carbocycles. The molecule has 0 aliphatic carbocycles. The number of hydrogen-bond acceptors (Lipinski definition) is 3. The predicted octanol–water partition coefficient (Wildman–Crippen LogP) is 0.441. The lowest BCUT2D eigenvalue weighted by atomic mass is 9.94. The van der Waals surface area contributed by atoms with Gasteiger partial charge in [0.2, 0.25) is 0 Å². The maximum absolute atomic E-state index is 9.65. The van der Waals surface area contributed by atoms with Gasteiger partial charge in [-0.25, -0.2) is 0 Å². The van der Waals surface area contributed by atoms with E-state index in [9.17, 15) is 5.11 Å². The third-order valence-electron chi connectivity index (χ3n) is 3.68. The second-order valence-electron chi connectivity index (χ2n) is 4.83. The fraction of sp³-hybridized carbons (Fsp3) is 1.00. The van der Waals surface area contributed by atoms with E-state index in [0.29, 0.717) is 5.92 Å². The molecule has 3 nitrogen and oxygen atoms in total. The van der Waals surface area contributed by atoms with Crippen LogP contribution in [0, 0.1) is 5.92 Å². The number of piperidine rings is 2. The zero-order valence-corrected chi connectivity index (χ0v) is 9.08. The highest BCUT2D eigenvalue weighted by Crippen LogP contribution is 2.21. The molecule has 2 N–H and O–H groups in total. The maximum atomic E-state index is 9.65. The molecule has 82 valence electrons. The van der Waals surface area contributed by atoms with Crippen molar-refractivity contribution in [1.29, 1.82) is 0 Å². The summed E-state index contributed by atoms with van der Waals surface area (Å²) in [5, 5.41) is 13.1. The third-order valence-corrected chi connectivity index (χ3v) is 3.68. The van der Waals surface area contributed by atoms with Gasteiger partial charge in [0.1, 0.15) is 0 Å². The highest BCUT2D eigenvalue weighted by molar-refractivity contribution is 4.84. The molecule has 2 fully saturated rings. The Balaban J connectivity index is 1.85. The third kappa shape index (κ3) is 2.27. The fourth-order valence-electron chi connectivity index (χ4n) is 2.64. The normalized spacial score (nSPS) is 41.1. The number of hydrogen-bond donors (Lipinski definition) is 2. The van der Waals surface area contributed by atoms with E-state index in [1.165, 1.54) is 19.4 Å². The van der Waals surface area contributed by atoms with Gasteiger partial charge in [0, 0.05) is 25.7 Å². The molecule has 0 bridgehead atoms. The van der Waals surface area contributed by atoms with E-state index < -0.39 is 0 Å². The van der Waals surface area contributed by atoms with E-state index in [0.717, 1.165) is 32.1 Å². The van der Waals surface area contributed by atoms with E-state index in [-0.39, 0.29) is 6.10 Å². The second-order valence-corrected chi connectivity index (χ2v) is 4.83. The van der Waals surface area contributed by atoms with Crippen molar-refractivity contribution < 1.29 is 5.11 Å². The Morgan fingerprint density at radius 2 is 2.21 bits per heavy atom. The van der Waals surface area contributed by atoms with E-state index in [4.69, 9.17) is 0 Å². The Bertz CT molecular complexity index is 180. The van der Waals surface area contributed by atoms with Gasteiger partial charge in [-0.15, -0.1) is 0 Å². The predicted molar refractivity (Wildman–Crippen MR) is 57.3 cm³/mol. The number of aliphatic hydroxyl groups is 1. The van der Waals surface area contributed by atoms with Crippen LogP contribution in [0.15, 0.2) is 0 Å². The Morgan fingerprint density at radius 3 is 2.86 bits per heavy atom. The summed E-state index contributed by atoms with van der Waals surface area (Å²) in [5.41, 5.74) is 0. The molecule has 2 saturated heterocycles. The molecule has 2 rings (SSSR count). The van der Waals surface area contributed by atoms with Gasteiger partial charge in [-0.05, 0) is 31.7 Å². The van der Waals surface area contributed by atoms with Gasteiger partial charge >= 0.3 is 0 Å². The average Bonchev–Trinajstić information content (AvgIpc) is 2.23. The SMILES string of the molecule is CC1CN(C2CCCNC2)CCC1O. The van der Waals surface area contributed by atoms with Gasteiger partial charge < -0.3 is 10.4 Å². The number of nitrogens with one attached hydrogen (secondary N) is 1. The number of likely N-dealkylation sites (tertiary alicyclic amines) is 1. The highest BCUT2D eigenvalue weighted by atomic mass is 16.3. The summed E-state index contributed by atoms with van der Waals surface area (Å²) < 4.78 is 0. The molecule has 2 aliphatic rings. The summed E-state index contributed by atoms with van der Waals surface area (Å²) in [5.74, 6) is 0.450. The van der Waals surface area contributed by atoms with Crippen LogP contribution in [-0.2, 0) is 0 Å². The molecule has 3 unspecified atom stereocenters. The summed E-state index contributed by atoms with van der Waals surface area (Å²) in [6.07, 6.45) is 3.52. The van der Waals surface area contributed by atoms with E-state index >= 15 is 0 Å². The molecule has 3 atom stereocenters. The van der Waals surface area contributed by atoms with E-state index in [1.54, 1.807) is 0 Å². The summed E-state index contributed by atoms with van der Waals surface area (Å²) in [4.78, 5) is 2.56. The van der Waals surface area contributed by atoms with Crippen molar-refractivity contribution in [2.45, 2.75) is 38.3 Å². The van der Waals surface area contributed by atoms with Crippen molar-refractivity contribution in [3.05, 3.63) is 0 Å². The van der Waals surface area contributed by atoms with Crippen LogP contribution in [0.5, 0.6) is 0 Å². The maximum Gasteiger partial charge on any atom is 0.0590 e. The minimum absolute atomic E-state index is 0.0669. The lowest BCUT2D eigenvalue weighted by Crippen LogP contribution is -2.52. The molecule has 2 heterocycles. The van der Waals surface area contributed by atoms with E-state index in [2.05, 4.69) is 17.1 Å². The summed E-state index contributed by atoms with van der Waals surface area (Å²) in [6.45, 7) is 6.64. The van der Waals surface area contributed by atoms with E-state index in [1.807, 2.05) is 0 Å². The van der Waals surface area contributed by atoms with Crippen molar-refractivity contribution >= 4 is 0 Å². The van der Waals surface area contributed by atoms with Crippen LogP contribution in [0.4, 0.5) is 0 Å². The van der Waals surface area contributed by atoms with Gasteiger partial charge in [-0.2, -0.15) is 0 Å². The Hall–Kier alpha value is -0.120. The minimum Gasteiger partial charge on any atom is -0.393 e.